The third-order valence-electron chi connectivity index (χ3n) is 3.64. The molecule has 1 N–H and O–H groups in total. The van der Waals surface area contributed by atoms with Crippen LogP contribution in [0.1, 0.15) is 28.6 Å². The van der Waals surface area contributed by atoms with Gasteiger partial charge in [0.1, 0.15) is 11.9 Å². The molecule has 1 aromatic heterocycles. The van der Waals surface area contributed by atoms with Crippen molar-refractivity contribution in [3.05, 3.63) is 35.5 Å². The van der Waals surface area contributed by atoms with Crippen molar-refractivity contribution in [3.8, 4) is 0 Å². The van der Waals surface area contributed by atoms with Crippen LogP contribution in [0, 0.1) is 6.92 Å². The molecule has 3 rings (SSSR count). The Labute approximate surface area is 115 Å². The van der Waals surface area contributed by atoms with Crippen LogP contribution in [-0.2, 0) is 9.63 Å². The normalized spacial score (nSPS) is 17.8. The summed E-state index contributed by atoms with van der Waals surface area (Å²) in [6.45, 7) is 1.96. The third kappa shape index (κ3) is 1.61. The summed E-state index contributed by atoms with van der Waals surface area (Å²) in [6, 6.07) is 7.53. The Kier molecular flexibility index (Phi) is 2.76. The molecule has 20 heavy (non-hydrogen) atoms. The number of carboxylic acid groups (broad SMARTS) is 1. The number of hydrogen-bond donors (Lipinski definition) is 1. The lowest BCUT2D eigenvalue weighted by Crippen LogP contribution is -2.30. The first kappa shape index (κ1) is 12.7. The number of amides is 1. The van der Waals surface area contributed by atoms with Gasteiger partial charge in [-0.15, -0.1) is 0 Å². The van der Waals surface area contributed by atoms with Crippen molar-refractivity contribution in [3.63, 3.8) is 0 Å². The van der Waals surface area contributed by atoms with E-state index < -0.39 is 12.1 Å². The van der Waals surface area contributed by atoms with E-state index in [0.29, 0.717) is 5.69 Å². The molecule has 0 spiro atoms. The topological polar surface area (TPSA) is 71.8 Å². The highest BCUT2D eigenvalue weighted by Gasteiger charge is 2.39. The molecule has 104 valence electrons. The predicted molar refractivity (Wildman–Crippen MR) is 71.1 cm³/mol. The van der Waals surface area contributed by atoms with E-state index in [1.54, 1.807) is 10.6 Å². The minimum Gasteiger partial charge on any atom is -0.481 e. The first-order valence-corrected chi connectivity index (χ1v) is 6.24. The van der Waals surface area contributed by atoms with Crippen molar-refractivity contribution in [1.29, 1.82) is 0 Å². The fourth-order valence-electron chi connectivity index (χ4n) is 2.77. The molecule has 0 fully saturated rings. The summed E-state index contributed by atoms with van der Waals surface area (Å²) in [6.07, 6.45) is -0.857. The van der Waals surface area contributed by atoms with Crippen LogP contribution < -0.4 is 0 Å². The van der Waals surface area contributed by atoms with E-state index >= 15 is 0 Å². The predicted octanol–water partition coefficient (Wildman–Crippen LogP) is 1.94. The van der Waals surface area contributed by atoms with Crippen molar-refractivity contribution < 1.29 is 19.5 Å². The molecule has 2 heterocycles. The smallest absolute Gasteiger partial charge is 0.307 e. The minimum absolute atomic E-state index is 0.204. The van der Waals surface area contributed by atoms with Crippen LogP contribution in [-0.4, -0.2) is 33.7 Å². The molecule has 1 unspecified atom stereocenters. The Morgan fingerprint density at radius 1 is 1.45 bits per heavy atom. The second-order valence-electron chi connectivity index (χ2n) is 4.80. The molecule has 1 aliphatic heterocycles. The van der Waals surface area contributed by atoms with E-state index in [0.717, 1.165) is 21.5 Å². The van der Waals surface area contributed by atoms with Crippen molar-refractivity contribution in [1.82, 2.24) is 9.63 Å². The van der Waals surface area contributed by atoms with Gasteiger partial charge in [-0.3, -0.25) is 14.4 Å². The van der Waals surface area contributed by atoms with E-state index in [4.69, 9.17) is 9.94 Å². The molecule has 0 saturated carbocycles. The van der Waals surface area contributed by atoms with Gasteiger partial charge in [0, 0.05) is 5.39 Å². The van der Waals surface area contributed by atoms with Crippen LogP contribution in [0.4, 0.5) is 0 Å². The summed E-state index contributed by atoms with van der Waals surface area (Å²) in [4.78, 5) is 28.4. The van der Waals surface area contributed by atoms with Crippen LogP contribution >= 0.6 is 0 Å². The van der Waals surface area contributed by atoms with Gasteiger partial charge >= 0.3 is 5.97 Å². The van der Waals surface area contributed by atoms with Gasteiger partial charge in [-0.05, 0) is 24.6 Å². The van der Waals surface area contributed by atoms with Gasteiger partial charge in [0.25, 0.3) is 5.91 Å². The number of aryl methyl sites for hydroxylation is 1. The molecule has 1 amide bonds. The quantitative estimate of drug-likeness (QED) is 0.928. The Balaban J connectivity index is 2.24. The number of hydroxylamine groups is 2. The van der Waals surface area contributed by atoms with Gasteiger partial charge in [-0.2, -0.15) is 5.06 Å². The van der Waals surface area contributed by atoms with Gasteiger partial charge in [0.2, 0.25) is 0 Å². The average Bonchev–Trinajstić information content (AvgIpc) is 2.88. The fourth-order valence-corrected chi connectivity index (χ4v) is 2.77. The van der Waals surface area contributed by atoms with Gasteiger partial charge in [0.05, 0.1) is 19.0 Å². The largest absolute Gasteiger partial charge is 0.481 e. The number of fused-ring (bicyclic) bond motifs is 3. The summed E-state index contributed by atoms with van der Waals surface area (Å²) >= 11 is 0. The first-order valence-electron chi connectivity index (χ1n) is 6.24. The maximum atomic E-state index is 12.3. The highest BCUT2D eigenvalue weighted by atomic mass is 16.7. The van der Waals surface area contributed by atoms with Gasteiger partial charge in [-0.1, -0.05) is 12.1 Å². The van der Waals surface area contributed by atoms with Crippen LogP contribution in [0.15, 0.2) is 24.3 Å². The molecule has 0 saturated heterocycles. The number of nitrogens with zero attached hydrogens (tertiary/aromatic N) is 2. The lowest BCUT2D eigenvalue weighted by molar-refractivity contribution is -0.153. The molecule has 0 bridgehead atoms. The number of benzene rings is 1. The number of aliphatic carboxylic acids is 1. The summed E-state index contributed by atoms with van der Waals surface area (Å²) in [5.41, 5.74) is 2.36. The molecule has 6 nitrogen and oxygen atoms in total. The Morgan fingerprint density at radius 2 is 2.20 bits per heavy atom. The number of aromatic nitrogens is 1. The molecule has 1 aliphatic rings. The van der Waals surface area contributed by atoms with Gasteiger partial charge in [0.15, 0.2) is 0 Å². The van der Waals surface area contributed by atoms with Crippen LogP contribution in [0.25, 0.3) is 10.9 Å². The Hall–Kier alpha value is -2.34. The molecule has 0 radical (unpaired) electrons. The van der Waals surface area contributed by atoms with E-state index in [-0.39, 0.29) is 12.3 Å². The molecular weight excluding hydrogens is 260 g/mol. The van der Waals surface area contributed by atoms with Crippen molar-refractivity contribution in [2.24, 2.45) is 0 Å². The van der Waals surface area contributed by atoms with Crippen LogP contribution in [0.2, 0.25) is 0 Å². The number of rotatable bonds is 3. The third-order valence-corrected chi connectivity index (χ3v) is 3.64. The summed E-state index contributed by atoms with van der Waals surface area (Å²) in [7, 11) is 1.37. The summed E-state index contributed by atoms with van der Waals surface area (Å²) in [5, 5.41) is 11.1. The number of carboxylic acids is 1. The highest BCUT2D eigenvalue weighted by molar-refractivity contribution is 6.01. The minimum atomic E-state index is -0.979. The second kappa shape index (κ2) is 4.35. The molecule has 1 aromatic carbocycles. The van der Waals surface area contributed by atoms with Crippen molar-refractivity contribution in [2.75, 3.05) is 7.11 Å². The van der Waals surface area contributed by atoms with Crippen LogP contribution in [0.5, 0.6) is 0 Å². The standard InChI is InChI=1S/C14H14N2O4/c1-8-4-3-5-10-9(8)6-11-14(19)16(20-2)12(15(10)11)7-13(17)18/h3-6,12H,7H2,1-2H3,(H,17,18). The zero-order valence-corrected chi connectivity index (χ0v) is 11.2. The number of carbonyl (C=O) groups is 2. The lowest BCUT2D eigenvalue weighted by Gasteiger charge is -2.22. The SMILES string of the molecule is CON1C(=O)c2cc3c(C)cccc3n2C1CC(=O)O. The van der Waals surface area contributed by atoms with Gasteiger partial charge < -0.3 is 9.67 Å². The van der Waals surface area contributed by atoms with E-state index in [9.17, 15) is 9.59 Å². The monoisotopic (exact) mass is 274 g/mol. The second-order valence-corrected chi connectivity index (χ2v) is 4.80. The zero-order chi connectivity index (χ0) is 14.4. The lowest BCUT2D eigenvalue weighted by atomic mass is 10.1. The number of hydrogen-bond acceptors (Lipinski definition) is 3. The maximum absolute atomic E-state index is 12.3. The van der Waals surface area contributed by atoms with E-state index in [2.05, 4.69) is 0 Å². The maximum Gasteiger partial charge on any atom is 0.307 e. The van der Waals surface area contributed by atoms with Crippen LogP contribution in [0.3, 0.4) is 0 Å². The summed E-state index contributed by atoms with van der Waals surface area (Å²) in [5.74, 6) is -1.29. The summed E-state index contributed by atoms with van der Waals surface area (Å²) < 4.78 is 1.74. The van der Waals surface area contributed by atoms with E-state index in [1.807, 2.05) is 25.1 Å². The Bertz CT molecular complexity index is 719. The highest BCUT2D eigenvalue weighted by Crippen LogP contribution is 2.36. The fraction of sp³-hybridized carbons (Fsp3) is 0.286. The first-order chi connectivity index (χ1) is 9.54. The van der Waals surface area contributed by atoms with Gasteiger partial charge in [-0.25, -0.2) is 0 Å². The molecule has 2 aromatic rings. The molecule has 6 heteroatoms. The zero-order valence-electron chi connectivity index (χ0n) is 11.2. The molecule has 0 aliphatic carbocycles. The number of carbonyl (C=O) groups excluding carboxylic acids is 1. The average molecular weight is 274 g/mol. The van der Waals surface area contributed by atoms with E-state index in [1.165, 1.54) is 7.11 Å². The molecule has 1 atom stereocenters. The van der Waals surface area contributed by atoms with Crippen molar-refractivity contribution in [2.45, 2.75) is 19.5 Å². The Morgan fingerprint density at radius 3 is 2.85 bits per heavy atom. The van der Waals surface area contributed by atoms with Crippen molar-refractivity contribution >= 4 is 22.8 Å². The molecular formula is C14H14N2O4.